The van der Waals surface area contributed by atoms with Crippen LogP contribution >= 0.6 is 24.2 Å². The maximum atomic E-state index is 12.7. The van der Waals surface area contributed by atoms with Crippen molar-refractivity contribution in [1.29, 1.82) is 0 Å². The van der Waals surface area contributed by atoms with E-state index in [-0.39, 0.29) is 18.3 Å². The second kappa shape index (κ2) is 19.3. The van der Waals surface area contributed by atoms with Gasteiger partial charge in [-0.25, -0.2) is 0 Å². The molecule has 2 rings (SSSR count). The number of carbonyl (C=O) groups excluding carboxylic acids is 1. The fourth-order valence-electron chi connectivity index (χ4n) is 4.67. The minimum absolute atomic E-state index is 0. The summed E-state index contributed by atoms with van der Waals surface area (Å²) in [6.45, 7) is 8.76. The van der Waals surface area contributed by atoms with Crippen LogP contribution in [0.2, 0.25) is 0 Å². The van der Waals surface area contributed by atoms with E-state index in [0.29, 0.717) is 0 Å². The van der Waals surface area contributed by atoms with E-state index in [1.54, 1.807) is 11.8 Å². The number of allylic oxidation sites excluding steroid dienone is 2. The number of rotatable bonds is 18. The number of unbranched alkanes of at least 4 members (excludes halogenated alkanes) is 9. The van der Waals surface area contributed by atoms with Crippen LogP contribution in [0.1, 0.15) is 124 Å². The topological polar surface area (TPSA) is 44.7 Å². The lowest BCUT2D eigenvalue weighted by atomic mass is 9.96. The Morgan fingerprint density at radius 2 is 1.71 bits per heavy atom. The van der Waals surface area contributed by atoms with Gasteiger partial charge in [0, 0.05) is 25.0 Å². The van der Waals surface area contributed by atoms with Crippen molar-refractivity contribution in [3.8, 4) is 0 Å². The van der Waals surface area contributed by atoms with Gasteiger partial charge in [0.2, 0.25) is 0 Å². The molecule has 2 aliphatic heterocycles. The van der Waals surface area contributed by atoms with Crippen LogP contribution in [0.4, 0.5) is 0 Å². The Labute approximate surface area is 220 Å². The Morgan fingerprint density at radius 3 is 2.41 bits per heavy atom. The summed E-state index contributed by atoms with van der Waals surface area (Å²) in [5.41, 5.74) is 1.16. The molecular weight excluding hydrogens is 462 g/mol. The van der Waals surface area contributed by atoms with Gasteiger partial charge in [0.25, 0.3) is 5.91 Å². The molecule has 0 radical (unpaired) electrons. The lowest BCUT2D eigenvalue weighted by molar-refractivity contribution is -0.116. The summed E-state index contributed by atoms with van der Waals surface area (Å²) < 4.78 is 0. The number of fused-ring (bicyclic) bond motifs is 1. The molecule has 0 saturated heterocycles. The Morgan fingerprint density at radius 1 is 1.03 bits per heavy atom. The first-order chi connectivity index (χ1) is 16.2. The van der Waals surface area contributed by atoms with Gasteiger partial charge in [-0.15, -0.1) is 12.4 Å². The average Bonchev–Trinajstić information content (AvgIpc) is 3.19. The third kappa shape index (κ3) is 11.7. The van der Waals surface area contributed by atoms with Crippen LogP contribution in [0.5, 0.6) is 0 Å². The van der Waals surface area contributed by atoms with Crippen molar-refractivity contribution in [1.82, 2.24) is 10.2 Å². The average molecular weight is 512 g/mol. The quantitative estimate of drug-likeness (QED) is 0.187. The molecule has 1 amide bonds. The second-order valence-electron chi connectivity index (χ2n) is 9.83. The van der Waals surface area contributed by atoms with Crippen LogP contribution in [0.15, 0.2) is 27.9 Å². The number of carbonyl (C=O) groups is 1. The fraction of sp³-hybridized carbons (Fsp3) is 0.786. The van der Waals surface area contributed by atoms with E-state index < -0.39 is 0 Å². The molecule has 6 heteroatoms. The van der Waals surface area contributed by atoms with E-state index >= 15 is 0 Å². The van der Waals surface area contributed by atoms with Gasteiger partial charge in [0.05, 0.1) is 4.91 Å². The molecule has 0 fully saturated rings. The van der Waals surface area contributed by atoms with Gasteiger partial charge in [0.15, 0.2) is 5.17 Å². The van der Waals surface area contributed by atoms with E-state index in [0.717, 1.165) is 60.5 Å². The normalized spacial score (nSPS) is 16.4. The summed E-state index contributed by atoms with van der Waals surface area (Å²) in [5.74, 6) is 0.911. The van der Waals surface area contributed by atoms with Crippen LogP contribution in [0.3, 0.4) is 0 Å². The monoisotopic (exact) mass is 511 g/mol. The number of nitrogens with one attached hydrogen (secondary N) is 1. The predicted molar refractivity (Wildman–Crippen MR) is 153 cm³/mol. The third-order valence-corrected chi connectivity index (χ3v) is 7.85. The van der Waals surface area contributed by atoms with E-state index in [9.17, 15) is 4.79 Å². The number of hydrogen-bond donors (Lipinski definition) is 1. The van der Waals surface area contributed by atoms with Crippen LogP contribution in [-0.4, -0.2) is 29.1 Å². The van der Waals surface area contributed by atoms with Crippen molar-refractivity contribution in [2.75, 3.05) is 13.1 Å². The minimum Gasteiger partial charge on any atom is -0.328 e. The molecular formula is C28H50ClN3OS. The lowest BCUT2D eigenvalue weighted by Crippen LogP contribution is -2.29. The zero-order chi connectivity index (χ0) is 23.7. The lowest BCUT2D eigenvalue weighted by Gasteiger charge is -2.25. The molecule has 1 N–H and O–H groups in total. The number of amides is 1. The van der Waals surface area contributed by atoms with Crippen LogP contribution in [0, 0.1) is 5.92 Å². The number of amidine groups is 1. The molecule has 34 heavy (non-hydrogen) atoms. The first-order valence-corrected chi connectivity index (χ1v) is 14.7. The molecule has 0 aliphatic carbocycles. The molecule has 196 valence electrons. The Balaban J connectivity index is 0.00000578. The zero-order valence-electron chi connectivity index (χ0n) is 22.1. The van der Waals surface area contributed by atoms with Crippen molar-refractivity contribution in [3.05, 3.63) is 22.9 Å². The maximum Gasteiger partial charge on any atom is 0.263 e. The van der Waals surface area contributed by atoms with Gasteiger partial charge in [0.1, 0.15) is 0 Å². The van der Waals surface area contributed by atoms with Crippen molar-refractivity contribution in [2.45, 2.75) is 124 Å². The highest BCUT2D eigenvalue weighted by Gasteiger charge is 2.33. The van der Waals surface area contributed by atoms with Crippen LogP contribution in [-0.2, 0) is 4.79 Å². The number of hydrogen-bond acceptors (Lipinski definition) is 4. The summed E-state index contributed by atoms with van der Waals surface area (Å²) >= 11 is 1.55. The minimum atomic E-state index is 0. The fourth-order valence-corrected chi connectivity index (χ4v) is 5.80. The number of aliphatic imine (C=N–C) groups is 1. The van der Waals surface area contributed by atoms with E-state index in [2.05, 4.69) is 42.1 Å². The molecule has 1 atom stereocenters. The highest BCUT2D eigenvalue weighted by atomic mass is 35.5. The molecule has 0 aromatic rings. The van der Waals surface area contributed by atoms with Gasteiger partial charge < -0.3 is 10.2 Å². The summed E-state index contributed by atoms with van der Waals surface area (Å²) in [4.78, 5) is 20.4. The van der Waals surface area contributed by atoms with Gasteiger partial charge in [-0.3, -0.25) is 9.79 Å². The van der Waals surface area contributed by atoms with Crippen LogP contribution < -0.4 is 5.32 Å². The maximum absolute atomic E-state index is 12.7. The highest BCUT2D eigenvalue weighted by molar-refractivity contribution is 8.18. The number of halogens is 1. The predicted octanol–water partition coefficient (Wildman–Crippen LogP) is 8.59. The van der Waals surface area contributed by atoms with E-state index in [4.69, 9.17) is 0 Å². The summed E-state index contributed by atoms with van der Waals surface area (Å²) in [6.07, 6.45) is 24.5. The SMILES string of the molecule is CCCCCCCCC(C)CCCCCCC=CNC(=O)C1=C(CCC)N2CCCN=C2S1.Cl. The summed E-state index contributed by atoms with van der Waals surface area (Å²) in [7, 11) is 0. The van der Waals surface area contributed by atoms with Gasteiger partial charge in [-0.05, 0) is 43.4 Å². The standard InChI is InChI=1S/C28H49N3OS.ClH/c1-4-6-7-8-11-14-19-24(3)20-15-12-9-10-13-16-21-29-27(32)26-25(18-5-2)31-23-17-22-30-28(31)33-26;/h16,21,24H,4-15,17-20,22-23H2,1-3H3,(H,29,32);1H. The second-order valence-corrected chi connectivity index (χ2v) is 10.8. The molecule has 0 saturated carbocycles. The number of nitrogens with zero attached hydrogens (tertiary/aromatic N) is 2. The Bertz CT molecular complexity index is 662. The molecule has 2 heterocycles. The molecule has 0 aromatic carbocycles. The molecule has 0 aromatic heterocycles. The zero-order valence-corrected chi connectivity index (χ0v) is 23.7. The van der Waals surface area contributed by atoms with Gasteiger partial charge >= 0.3 is 0 Å². The van der Waals surface area contributed by atoms with Gasteiger partial charge in [-0.1, -0.05) is 104 Å². The van der Waals surface area contributed by atoms with E-state index in [1.165, 1.54) is 77.0 Å². The first kappa shape index (κ1) is 31.1. The first-order valence-electron chi connectivity index (χ1n) is 13.9. The summed E-state index contributed by atoms with van der Waals surface area (Å²) in [5, 5.41) is 4.01. The van der Waals surface area contributed by atoms with Crippen molar-refractivity contribution in [3.63, 3.8) is 0 Å². The molecule has 4 nitrogen and oxygen atoms in total. The Kier molecular flexibility index (Phi) is 17.6. The van der Waals surface area contributed by atoms with Gasteiger partial charge in [-0.2, -0.15) is 0 Å². The Hall–Kier alpha value is -0.940. The van der Waals surface area contributed by atoms with Crippen molar-refractivity contribution in [2.24, 2.45) is 10.9 Å². The smallest absolute Gasteiger partial charge is 0.263 e. The molecule has 2 aliphatic rings. The van der Waals surface area contributed by atoms with Crippen molar-refractivity contribution >= 4 is 35.2 Å². The largest absolute Gasteiger partial charge is 0.328 e. The molecule has 0 bridgehead atoms. The van der Waals surface area contributed by atoms with Crippen LogP contribution in [0.25, 0.3) is 0 Å². The summed E-state index contributed by atoms with van der Waals surface area (Å²) in [6, 6.07) is 0. The highest BCUT2D eigenvalue weighted by Crippen LogP contribution is 2.38. The molecule has 0 spiro atoms. The van der Waals surface area contributed by atoms with Crippen molar-refractivity contribution < 1.29 is 4.79 Å². The van der Waals surface area contributed by atoms with E-state index in [1.807, 2.05) is 6.20 Å². The number of thioether (sulfide) groups is 1. The molecule has 1 unspecified atom stereocenters. The third-order valence-electron chi connectivity index (χ3n) is 6.69.